The van der Waals surface area contributed by atoms with Gasteiger partial charge < -0.3 is 15.6 Å². The molecule has 2 aliphatic rings. The largest absolute Gasteiger partial charge is 0.492 e. The molecular weight excluding hydrogens is 383 g/mol. The van der Waals surface area contributed by atoms with Crippen LogP contribution in [0.2, 0.25) is 0 Å². The fourth-order valence-corrected chi connectivity index (χ4v) is 3.54. The molecule has 30 heavy (non-hydrogen) atoms. The van der Waals surface area contributed by atoms with Crippen LogP contribution in [0.25, 0.3) is 0 Å². The highest BCUT2D eigenvalue weighted by Crippen LogP contribution is 2.39. The highest BCUT2D eigenvalue weighted by Gasteiger charge is 2.22. The van der Waals surface area contributed by atoms with Gasteiger partial charge in [0.1, 0.15) is 18.2 Å². The van der Waals surface area contributed by atoms with E-state index in [1.54, 1.807) is 6.07 Å². The number of nitrogens with zero attached hydrogens (tertiary/aromatic N) is 1. The van der Waals surface area contributed by atoms with Crippen LogP contribution in [0.4, 0.5) is 4.39 Å². The smallest absolute Gasteiger partial charge is 0.307 e. The fourth-order valence-electron chi connectivity index (χ4n) is 3.54. The molecule has 0 bridgehead atoms. The Kier molecular flexibility index (Phi) is 8.22. The van der Waals surface area contributed by atoms with Gasteiger partial charge in [0.25, 0.3) is 0 Å². The number of aliphatic carboxylic acids is 1. The van der Waals surface area contributed by atoms with Crippen LogP contribution in [0.1, 0.15) is 42.7 Å². The maximum absolute atomic E-state index is 13.7. The van der Waals surface area contributed by atoms with Crippen molar-refractivity contribution in [2.24, 2.45) is 5.73 Å². The van der Waals surface area contributed by atoms with Gasteiger partial charge in [0.2, 0.25) is 0 Å². The lowest BCUT2D eigenvalue weighted by Crippen LogP contribution is -2.41. The number of hydrogen-bond donors (Lipinski definition) is 2. The van der Waals surface area contributed by atoms with E-state index in [0.29, 0.717) is 18.4 Å². The number of hydrogen-bond acceptors (Lipinski definition) is 4. The molecular formula is C24H31FN2O3. The minimum absolute atomic E-state index is 0.167. The molecule has 0 spiro atoms. The molecule has 2 aromatic carbocycles. The van der Waals surface area contributed by atoms with E-state index < -0.39 is 11.8 Å². The van der Waals surface area contributed by atoms with Crippen LogP contribution in [0.3, 0.4) is 0 Å². The first-order valence-corrected chi connectivity index (χ1v) is 10.7. The lowest BCUT2D eigenvalue weighted by Gasteiger charge is -2.29. The van der Waals surface area contributed by atoms with Crippen molar-refractivity contribution in [2.75, 3.05) is 26.2 Å². The number of piperidine rings is 1. The van der Waals surface area contributed by atoms with Crippen molar-refractivity contribution in [3.8, 4) is 5.75 Å². The van der Waals surface area contributed by atoms with Crippen LogP contribution in [0.5, 0.6) is 5.75 Å². The van der Waals surface area contributed by atoms with Gasteiger partial charge in [-0.15, -0.1) is 0 Å². The molecule has 5 nitrogen and oxygen atoms in total. The number of ether oxygens (including phenoxy) is 1. The highest BCUT2D eigenvalue weighted by molar-refractivity contribution is 5.70. The van der Waals surface area contributed by atoms with Gasteiger partial charge in [-0.2, -0.15) is 0 Å². The van der Waals surface area contributed by atoms with Crippen LogP contribution in [-0.2, 0) is 11.2 Å². The summed E-state index contributed by atoms with van der Waals surface area (Å²) in [6, 6.07) is 15.4. The quantitative estimate of drug-likeness (QED) is 0.720. The molecule has 162 valence electrons. The van der Waals surface area contributed by atoms with Gasteiger partial charge in [-0.05, 0) is 61.9 Å². The predicted molar refractivity (Wildman–Crippen MR) is 115 cm³/mol. The van der Waals surface area contributed by atoms with Gasteiger partial charge in [0, 0.05) is 18.7 Å². The molecule has 1 heterocycles. The number of likely N-dealkylation sites (tertiary alicyclic amines) is 1. The first-order valence-electron chi connectivity index (χ1n) is 10.7. The van der Waals surface area contributed by atoms with Gasteiger partial charge in [0.05, 0.1) is 6.42 Å². The molecule has 4 rings (SSSR count). The summed E-state index contributed by atoms with van der Waals surface area (Å²) in [5.74, 6) is -0.258. The third-order valence-electron chi connectivity index (χ3n) is 5.52. The molecule has 0 atom stereocenters. The minimum Gasteiger partial charge on any atom is -0.492 e. The van der Waals surface area contributed by atoms with E-state index in [1.807, 2.05) is 0 Å². The van der Waals surface area contributed by atoms with Crippen LogP contribution < -0.4 is 10.5 Å². The van der Waals surface area contributed by atoms with Crippen LogP contribution in [0, 0.1) is 5.82 Å². The van der Waals surface area contributed by atoms with E-state index in [2.05, 4.69) is 35.2 Å². The molecule has 1 aliphatic heterocycles. The molecule has 2 aromatic rings. The molecule has 0 unspecified atom stereocenters. The normalized spacial score (nSPS) is 17.1. The summed E-state index contributed by atoms with van der Waals surface area (Å²) in [6.07, 6.45) is 4.49. The van der Waals surface area contributed by atoms with Crippen molar-refractivity contribution in [3.05, 3.63) is 65.5 Å². The third-order valence-corrected chi connectivity index (χ3v) is 5.52. The van der Waals surface area contributed by atoms with Crippen molar-refractivity contribution in [3.63, 3.8) is 0 Å². The Bertz CT molecular complexity index is 803. The molecule has 1 saturated carbocycles. The number of carboxylic acid groups (broad SMARTS) is 1. The summed E-state index contributed by atoms with van der Waals surface area (Å²) in [5.41, 5.74) is 7.53. The topological polar surface area (TPSA) is 75.8 Å². The van der Waals surface area contributed by atoms with E-state index in [4.69, 9.17) is 15.6 Å². The first kappa shape index (κ1) is 22.2. The molecule has 0 aromatic heterocycles. The molecule has 0 radical (unpaired) electrons. The van der Waals surface area contributed by atoms with E-state index in [9.17, 15) is 9.18 Å². The van der Waals surface area contributed by atoms with Gasteiger partial charge in [0.15, 0.2) is 0 Å². The zero-order valence-electron chi connectivity index (χ0n) is 17.3. The summed E-state index contributed by atoms with van der Waals surface area (Å²) >= 11 is 0. The summed E-state index contributed by atoms with van der Waals surface area (Å²) in [5, 5.41) is 8.65. The number of halogens is 1. The van der Waals surface area contributed by atoms with Gasteiger partial charge in [-0.25, -0.2) is 4.39 Å². The molecule has 3 N–H and O–H groups in total. The molecule has 2 fully saturated rings. The summed E-state index contributed by atoms with van der Waals surface area (Å²) in [6.45, 7) is 3.20. The average molecular weight is 415 g/mol. The summed E-state index contributed by atoms with van der Waals surface area (Å²) in [4.78, 5) is 12.8. The maximum Gasteiger partial charge on any atom is 0.307 e. The summed E-state index contributed by atoms with van der Waals surface area (Å²) in [7, 11) is 0. The Labute approximate surface area is 177 Å². The number of nitrogens with two attached hydrogens (primary N) is 1. The minimum atomic E-state index is -1.05. The molecule has 1 saturated heterocycles. The second-order valence-corrected chi connectivity index (χ2v) is 8.04. The highest BCUT2D eigenvalue weighted by atomic mass is 19.1. The number of carbonyl (C=O) groups is 1. The van der Waals surface area contributed by atoms with E-state index in [-0.39, 0.29) is 12.0 Å². The van der Waals surface area contributed by atoms with E-state index in [0.717, 1.165) is 38.4 Å². The first-order chi connectivity index (χ1) is 14.5. The second-order valence-electron chi connectivity index (χ2n) is 8.04. The predicted octanol–water partition coefficient (Wildman–Crippen LogP) is 3.82. The summed E-state index contributed by atoms with van der Waals surface area (Å²) < 4.78 is 19.2. The Morgan fingerprint density at radius 2 is 1.80 bits per heavy atom. The zero-order chi connectivity index (χ0) is 21.3. The average Bonchev–Trinajstić information content (AvgIpc) is 3.58. The third kappa shape index (κ3) is 7.43. The molecule has 1 aliphatic carbocycles. The number of carboxylic acids is 1. The SMILES string of the molecule is NC1CCN(CCOc2ccc(CC(=O)O)c(F)c2)CC1.c1ccc(C2CC2)cc1. The Morgan fingerprint density at radius 1 is 1.10 bits per heavy atom. The van der Waals surface area contributed by atoms with Crippen LogP contribution >= 0.6 is 0 Å². The monoisotopic (exact) mass is 414 g/mol. The van der Waals surface area contributed by atoms with Gasteiger partial charge >= 0.3 is 5.97 Å². The van der Waals surface area contributed by atoms with Crippen molar-refractivity contribution >= 4 is 5.97 Å². The van der Waals surface area contributed by atoms with Crippen molar-refractivity contribution in [2.45, 2.75) is 44.1 Å². The second kappa shape index (κ2) is 11.1. The van der Waals surface area contributed by atoms with Gasteiger partial charge in [-0.3, -0.25) is 9.69 Å². The number of rotatable bonds is 7. The van der Waals surface area contributed by atoms with Crippen LogP contribution in [-0.4, -0.2) is 48.3 Å². The lowest BCUT2D eigenvalue weighted by molar-refractivity contribution is -0.136. The Balaban J connectivity index is 0.000000234. The van der Waals surface area contributed by atoms with Gasteiger partial charge in [-0.1, -0.05) is 36.4 Å². The zero-order valence-corrected chi connectivity index (χ0v) is 17.3. The van der Waals surface area contributed by atoms with E-state index in [1.165, 1.54) is 30.5 Å². The lowest BCUT2D eigenvalue weighted by atomic mass is 10.1. The van der Waals surface area contributed by atoms with Crippen molar-refractivity contribution < 1.29 is 19.0 Å². The van der Waals surface area contributed by atoms with Crippen molar-refractivity contribution in [1.82, 2.24) is 4.90 Å². The Hall–Kier alpha value is -2.44. The molecule has 0 amide bonds. The number of benzene rings is 2. The van der Waals surface area contributed by atoms with E-state index >= 15 is 0 Å². The fraction of sp³-hybridized carbons (Fsp3) is 0.458. The Morgan fingerprint density at radius 3 is 2.40 bits per heavy atom. The maximum atomic E-state index is 13.7. The van der Waals surface area contributed by atoms with Crippen molar-refractivity contribution in [1.29, 1.82) is 0 Å². The van der Waals surface area contributed by atoms with Crippen LogP contribution in [0.15, 0.2) is 48.5 Å². The standard InChI is InChI=1S/C15H21FN2O3.C9H10/c16-14-10-13(2-1-11(14)9-15(19)20)21-8-7-18-5-3-12(17)4-6-18;1-2-4-8(5-3-1)9-6-7-9/h1-2,10,12H,3-9,17H2,(H,19,20);1-5,9H,6-7H2. The molecule has 6 heteroatoms.